The van der Waals surface area contributed by atoms with Crippen molar-refractivity contribution in [2.75, 3.05) is 73.0 Å². The first kappa shape index (κ1) is 17.9. The zero-order valence-corrected chi connectivity index (χ0v) is 13.1. The van der Waals surface area contributed by atoms with E-state index in [9.17, 15) is 0 Å². The molecule has 1 saturated heterocycles. The Kier molecular flexibility index (Phi) is 11.2. The first-order valence-electron chi connectivity index (χ1n) is 7.78. The highest BCUT2D eigenvalue weighted by molar-refractivity contribution is 4.53. The number of hydrogen-bond acceptors (Lipinski definition) is 5. The van der Waals surface area contributed by atoms with Gasteiger partial charge in [0.1, 0.15) is 0 Å². The third-order valence-electron chi connectivity index (χ3n) is 3.49. The van der Waals surface area contributed by atoms with Gasteiger partial charge in [-0.05, 0) is 25.8 Å². The molecule has 0 aromatic carbocycles. The first-order valence-corrected chi connectivity index (χ1v) is 7.78. The molecule has 1 aliphatic heterocycles. The Morgan fingerprint density at radius 2 is 1.05 bits per heavy atom. The van der Waals surface area contributed by atoms with Crippen LogP contribution < -0.4 is 0 Å². The first-order chi connectivity index (χ1) is 9.79. The second kappa shape index (κ2) is 12.5. The van der Waals surface area contributed by atoms with E-state index in [2.05, 4.69) is 18.9 Å². The number of ether oxygens (including phenoxy) is 4. The Hall–Kier alpha value is -0.200. The third kappa shape index (κ3) is 10.6. The highest BCUT2D eigenvalue weighted by Gasteiger charge is 2.03. The van der Waals surface area contributed by atoms with Crippen molar-refractivity contribution < 1.29 is 18.9 Å². The van der Waals surface area contributed by atoms with Crippen LogP contribution in [0.15, 0.2) is 0 Å². The van der Waals surface area contributed by atoms with Crippen molar-refractivity contribution in [2.45, 2.75) is 19.8 Å². The lowest BCUT2D eigenvalue weighted by Crippen LogP contribution is -2.28. The SMILES string of the molecule is CC1CCOCCOCCN(C)CCOCCOCC1. The van der Waals surface area contributed by atoms with Crippen molar-refractivity contribution in [1.82, 2.24) is 4.90 Å². The maximum Gasteiger partial charge on any atom is 0.0701 e. The quantitative estimate of drug-likeness (QED) is 0.674. The van der Waals surface area contributed by atoms with Crippen molar-refractivity contribution in [3.63, 3.8) is 0 Å². The summed E-state index contributed by atoms with van der Waals surface area (Å²) in [4.78, 5) is 2.21. The lowest BCUT2D eigenvalue weighted by atomic mass is 10.1. The van der Waals surface area contributed by atoms with Gasteiger partial charge in [-0.3, -0.25) is 0 Å². The van der Waals surface area contributed by atoms with E-state index in [0.717, 1.165) is 52.4 Å². The van der Waals surface area contributed by atoms with Gasteiger partial charge in [-0.2, -0.15) is 0 Å². The highest BCUT2D eigenvalue weighted by Crippen LogP contribution is 2.07. The largest absolute Gasteiger partial charge is 0.379 e. The van der Waals surface area contributed by atoms with Gasteiger partial charge in [0.15, 0.2) is 0 Å². The Morgan fingerprint density at radius 1 is 0.650 bits per heavy atom. The van der Waals surface area contributed by atoms with Crippen molar-refractivity contribution in [3.8, 4) is 0 Å². The standard InChI is InChI=1S/C15H31NO4/c1-15-3-7-17-11-13-19-9-5-16(2)6-10-20-14-12-18-8-4-15/h15H,3-14H2,1-2H3. The van der Waals surface area contributed by atoms with E-state index in [1.807, 2.05) is 0 Å². The molecule has 20 heavy (non-hydrogen) atoms. The van der Waals surface area contributed by atoms with Gasteiger partial charge in [0.05, 0.1) is 39.6 Å². The molecule has 1 aliphatic rings. The fourth-order valence-corrected chi connectivity index (χ4v) is 1.91. The summed E-state index contributed by atoms with van der Waals surface area (Å²) in [6.07, 6.45) is 2.17. The molecule has 0 spiro atoms. The van der Waals surface area contributed by atoms with E-state index >= 15 is 0 Å². The minimum Gasteiger partial charge on any atom is -0.379 e. The summed E-state index contributed by atoms with van der Waals surface area (Å²) in [7, 11) is 2.08. The highest BCUT2D eigenvalue weighted by atomic mass is 16.5. The monoisotopic (exact) mass is 289 g/mol. The summed E-state index contributed by atoms with van der Waals surface area (Å²) in [5.74, 6) is 0.643. The topological polar surface area (TPSA) is 40.2 Å². The molecule has 0 N–H and O–H groups in total. The summed E-state index contributed by atoms with van der Waals surface area (Å²) in [5, 5.41) is 0. The fraction of sp³-hybridized carbons (Fsp3) is 1.00. The van der Waals surface area contributed by atoms with Crippen LogP contribution in [0.1, 0.15) is 19.8 Å². The molecule has 0 aromatic heterocycles. The second-order valence-corrected chi connectivity index (χ2v) is 5.44. The summed E-state index contributed by atoms with van der Waals surface area (Å²) >= 11 is 0. The Balaban J connectivity index is 2.16. The van der Waals surface area contributed by atoms with Gasteiger partial charge in [0.2, 0.25) is 0 Å². The smallest absolute Gasteiger partial charge is 0.0701 e. The molecule has 0 saturated carbocycles. The summed E-state index contributed by atoms with van der Waals surface area (Å²) in [5.41, 5.74) is 0. The molecule has 0 aromatic rings. The zero-order chi connectivity index (χ0) is 14.5. The summed E-state index contributed by atoms with van der Waals surface area (Å²) in [6.45, 7) is 9.97. The molecule has 0 bridgehead atoms. The number of likely N-dealkylation sites (N-methyl/N-ethyl adjacent to an activating group) is 1. The zero-order valence-electron chi connectivity index (χ0n) is 13.1. The number of rotatable bonds is 0. The Bertz CT molecular complexity index is 174. The molecule has 0 radical (unpaired) electrons. The van der Waals surface area contributed by atoms with E-state index in [0.29, 0.717) is 32.3 Å². The molecule has 0 amide bonds. The molecule has 1 fully saturated rings. The van der Waals surface area contributed by atoms with Gasteiger partial charge in [-0.25, -0.2) is 0 Å². The molecule has 5 heteroatoms. The van der Waals surface area contributed by atoms with Crippen LogP contribution in [0.5, 0.6) is 0 Å². The fourth-order valence-electron chi connectivity index (χ4n) is 1.91. The predicted octanol–water partition coefficient (Wildman–Crippen LogP) is 1.41. The van der Waals surface area contributed by atoms with Crippen molar-refractivity contribution >= 4 is 0 Å². The Labute approximate surface area is 123 Å². The number of hydrogen-bond donors (Lipinski definition) is 0. The van der Waals surface area contributed by atoms with E-state index in [1.54, 1.807) is 0 Å². The predicted molar refractivity (Wildman–Crippen MR) is 79.2 cm³/mol. The van der Waals surface area contributed by atoms with E-state index in [4.69, 9.17) is 18.9 Å². The summed E-state index contributed by atoms with van der Waals surface area (Å²) in [6, 6.07) is 0. The lowest BCUT2D eigenvalue weighted by molar-refractivity contribution is 0.0178. The van der Waals surface area contributed by atoms with Gasteiger partial charge in [-0.1, -0.05) is 6.92 Å². The van der Waals surface area contributed by atoms with Gasteiger partial charge in [0.25, 0.3) is 0 Å². The van der Waals surface area contributed by atoms with Crippen LogP contribution in [-0.2, 0) is 18.9 Å². The van der Waals surface area contributed by atoms with E-state index < -0.39 is 0 Å². The van der Waals surface area contributed by atoms with Crippen LogP contribution >= 0.6 is 0 Å². The molecule has 120 valence electrons. The van der Waals surface area contributed by atoms with Gasteiger partial charge in [0, 0.05) is 26.3 Å². The average molecular weight is 289 g/mol. The van der Waals surface area contributed by atoms with Crippen LogP contribution in [0.25, 0.3) is 0 Å². The summed E-state index contributed by atoms with van der Waals surface area (Å²) < 4.78 is 22.3. The minimum absolute atomic E-state index is 0.643. The molecular formula is C15H31NO4. The lowest BCUT2D eigenvalue weighted by Gasteiger charge is -2.17. The Morgan fingerprint density at radius 3 is 1.50 bits per heavy atom. The third-order valence-corrected chi connectivity index (χ3v) is 3.49. The number of nitrogens with zero attached hydrogens (tertiary/aromatic N) is 1. The van der Waals surface area contributed by atoms with Gasteiger partial charge < -0.3 is 23.8 Å². The van der Waals surface area contributed by atoms with Gasteiger partial charge in [-0.15, -0.1) is 0 Å². The molecule has 5 nitrogen and oxygen atoms in total. The molecule has 1 heterocycles. The van der Waals surface area contributed by atoms with Crippen LogP contribution in [0.3, 0.4) is 0 Å². The molecular weight excluding hydrogens is 258 g/mol. The van der Waals surface area contributed by atoms with E-state index in [1.165, 1.54) is 0 Å². The molecule has 0 aliphatic carbocycles. The second-order valence-electron chi connectivity index (χ2n) is 5.44. The normalized spacial score (nSPS) is 24.9. The van der Waals surface area contributed by atoms with Crippen LogP contribution in [0.4, 0.5) is 0 Å². The molecule has 0 atom stereocenters. The van der Waals surface area contributed by atoms with Crippen molar-refractivity contribution in [3.05, 3.63) is 0 Å². The minimum atomic E-state index is 0.643. The molecule has 0 unspecified atom stereocenters. The van der Waals surface area contributed by atoms with Crippen molar-refractivity contribution in [2.24, 2.45) is 5.92 Å². The molecule has 1 rings (SSSR count). The van der Waals surface area contributed by atoms with Gasteiger partial charge >= 0.3 is 0 Å². The van der Waals surface area contributed by atoms with Crippen LogP contribution in [0, 0.1) is 5.92 Å². The maximum absolute atomic E-state index is 5.58. The van der Waals surface area contributed by atoms with Crippen molar-refractivity contribution in [1.29, 1.82) is 0 Å². The maximum atomic E-state index is 5.58. The van der Waals surface area contributed by atoms with E-state index in [-0.39, 0.29) is 0 Å². The average Bonchev–Trinajstić information content (AvgIpc) is 2.43. The van der Waals surface area contributed by atoms with Crippen LogP contribution in [0.2, 0.25) is 0 Å². The van der Waals surface area contributed by atoms with Crippen LogP contribution in [-0.4, -0.2) is 77.9 Å².